The Morgan fingerprint density at radius 1 is 1.16 bits per heavy atom. The van der Waals surface area contributed by atoms with Crippen LogP contribution in [0.2, 0.25) is 0 Å². The lowest BCUT2D eigenvalue weighted by Gasteiger charge is -2.14. The number of sulfonamides is 1. The Bertz CT molecular complexity index is 760. The number of carboxylic acids is 1. The van der Waals surface area contributed by atoms with Crippen LogP contribution in [0.15, 0.2) is 24.3 Å². The predicted octanol–water partition coefficient (Wildman–Crippen LogP) is -0.135. The van der Waals surface area contributed by atoms with E-state index in [1.54, 1.807) is 0 Å². The van der Waals surface area contributed by atoms with Gasteiger partial charge >= 0.3 is 5.97 Å². The number of hydrogen-bond donors (Lipinski definition) is 3. The molecule has 0 spiro atoms. The van der Waals surface area contributed by atoms with Gasteiger partial charge in [-0.15, -0.1) is 0 Å². The monoisotopic (exact) mass is 369 g/mol. The number of amides is 2. The Kier molecular flexibility index (Phi) is 6.10. The van der Waals surface area contributed by atoms with Crippen molar-refractivity contribution in [2.75, 3.05) is 30.7 Å². The molecule has 0 aliphatic carbocycles. The average Bonchev–Trinajstić information content (AvgIpc) is 2.86. The van der Waals surface area contributed by atoms with Crippen molar-refractivity contribution in [3.8, 4) is 0 Å². The SMILES string of the molecule is O=C(O)CCNC(=O)c1ccc(NC(=O)CN2CCCS2(=O)=O)cc1. The molecule has 0 atom stereocenters. The second kappa shape index (κ2) is 8.08. The molecule has 0 unspecified atom stereocenters. The van der Waals surface area contributed by atoms with Gasteiger partial charge in [-0.3, -0.25) is 14.4 Å². The maximum absolute atomic E-state index is 11.9. The molecule has 10 heteroatoms. The van der Waals surface area contributed by atoms with Crippen molar-refractivity contribution in [3.63, 3.8) is 0 Å². The van der Waals surface area contributed by atoms with Gasteiger partial charge in [0, 0.05) is 24.3 Å². The minimum Gasteiger partial charge on any atom is -0.481 e. The van der Waals surface area contributed by atoms with Crippen LogP contribution >= 0.6 is 0 Å². The van der Waals surface area contributed by atoms with Crippen LogP contribution in [0.4, 0.5) is 5.69 Å². The van der Waals surface area contributed by atoms with Crippen LogP contribution in [-0.2, 0) is 19.6 Å². The van der Waals surface area contributed by atoms with E-state index in [0.29, 0.717) is 24.2 Å². The van der Waals surface area contributed by atoms with E-state index in [-0.39, 0.29) is 25.3 Å². The van der Waals surface area contributed by atoms with E-state index in [1.165, 1.54) is 24.3 Å². The zero-order valence-electron chi connectivity index (χ0n) is 13.4. The third-order valence-electron chi connectivity index (χ3n) is 3.58. The first kappa shape index (κ1) is 18.9. The minimum absolute atomic E-state index is 0.0248. The van der Waals surface area contributed by atoms with Crippen LogP contribution in [0.25, 0.3) is 0 Å². The smallest absolute Gasteiger partial charge is 0.305 e. The summed E-state index contributed by atoms with van der Waals surface area (Å²) in [6.07, 6.45) is 0.348. The minimum atomic E-state index is -3.33. The molecule has 2 rings (SSSR count). The molecule has 1 heterocycles. The normalized spacial score (nSPS) is 16.3. The van der Waals surface area contributed by atoms with Crippen molar-refractivity contribution < 1.29 is 27.9 Å². The highest BCUT2D eigenvalue weighted by molar-refractivity contribution is 7.89. The van der Waals surface area contributed by atoms with Crippen molar-refractivity contribution in [3.05, 3.63) is 29.8 Å². The maximum Gasteiger partial charge on any atom is 0.305 e. The summed E-state index contributed by atoms with van der Waals surface area (Å²) >= 11 is 0. The molecule has 0 aromatic heterocycles. The van der Waals surface area contributed by atoms with Crippen molar-refractivity contribution in [2.24, 2.45) is 0 Å². The van der Waals surface area contributed by atoms with Gasteiger partial charge in [0.1, 0.15) is 0 Å². The number of benzene rings is 1. The van der Waals surface area contributed by atoms with E-state index in [0.717, 1.165) is 4.31 Å². The number of hydrogen-bond acceptors (Lipinski definition) is 5. The van der Waals surface area contributed by atoms with Gasteiger partial charge in [-0.05, 0) is 30.7 Å². The molecule has 1 aromatic carbocycles. The van der Waals surface area contributed by atoms with Gasteiger partial charge in [-0.25, -0.2) is 8.42 Å². The third-order valence-corrected chi connectivity index (χ3v) is 5.48. The Labute approximate surface area is 145 Å². The fourth-order valence-corrected chi connectivity index (χ4v) is 3.79. The van der Waals surface area contributed by atoms with E-state index >= 15 is 0 Å². The van der Waals surface area contributed by atoms with Gasteiger partial charge in [0.15, 0.2) is 0 Å². The topological polar surface area (TPSA) is 133 Å². The summed E-state index contributed by atoms with van der Waals surface area (Å²) in [4.78, 5) is 34.1. The first-order valence-electron chi connectivity index (χ1n) is 7.66. The number of carboxylic acid groups (broad SMARTS) is 1. The van der Waals surface area contributed by atoms with Crippen molar-refractivity contribution in [2.45, 2.75) is 12.8 Å². The summed E-state index contributed by atoms with van der Waals surface area (Å²) in [7, 11) is -3.33. The lowest BCUT2D eigenvalue weighted by atomic mass is 10.2. The van der Waals surface area contributed by atoms with Crippen molar-refractivity contribution in [1.82, 2.24) is 9.62 Å². The average molecular weight is 369 g/mol. The summed E-state index contributed by atoms with van der Waals surface area (Å²) in [5, 5.41) is 13.6. The molecule has 2 amide bonds. The molecule has 1 aliphatic rings. The fourth-order valence-electron chi connectivity index (χ4n) is 2.32. The fraction of sp³-hybridized carbons (Fsp3) is 0.400. The van der Waals surface area contributed by atoms with Gasteiger partial charge in [0.05, 0.1) is 18.7 Å². The van der Waals surface area contributed by atoms with Crippen molar-refractivity contribution in [1.29, 1.82) is 0 Å². The molecule has 1 aromatic rings. The Morgan fingerprint density at radius 3 is 2.40 bits per heavy atom. The highest BCUT2D eigenvalue weighted by Crippen LogP contribution is 2.14. The predicted molar refractivity (Wildman–Crippen MR) is 89.6 cm³/mol. The molecule has 1 aliphatic heterocycles. The van der Waals surface area contributed by atoms with Gasteiger partial charge in [-0.2, -0.15) is 4.31 Å². The van der Waals surface area contributed by atoms with Gasteiger partial charge in [-0.1, -0.05) is 0 Å². The second-order valence-corrected chi connectivity index (χ2v) is 7.62. The highest BCUT2D eigenvalue weighted by Gasteiger charge is 2.29. The van der Waals surface area contributed by atoms with E-state index in [4.69, 9.17) is 5.11 Å². The number of rotatable bonds is 7. The highest BCUT2D eigenvalue weighted by atomic mass is 32.2. The summed E-state index contributed by atoms with van der Waals surface area (Å²) in [6, 6.07) is 6.00. The Hall–Kier alpha value is -2.46. The molecule has 0 bridgehead atoms. The molecular weight excluding hydrogens is 350 g/mol. The number of carbonyl (C=O) groups excluding carboxylic acids is 2. The number of nitrogens with one attached hydrogen (secondary N) is 2. The Balaban J connectivity index is 1.86. The quantitative estimate of drug-likeness (QED) is 0.613. The molecule has 136 valence electrons. The number of nitrogens with zero attached hydrogens (tertiary/aromatic N) is 1. The molecule has 25 heavy (non-hydrogen) atoms. The lowest BCUT2D eigenvalue weighted by molar-refractivity contribution is -0.136. The van der Waals surface area contributed by atoms with E-state index < -0.39 is 27.8 Å². The molecule has 3 N–H and O–H groups in total. The number of aliphatic carboxylic acids is 1. The zero-order chi connectivity index (χ0) is 18.4. The van der Waals surface area contributed by atoms with Gasteiger partial charge in [0.25, 0.3) is 5.91 Å². The Morgan fingerprint density at radius 2 is 1.84 bits per heavy atom. The summed E-state index contributed by atoms with van der Waals surface area (Å²) in [6.45, 7) is 0.127. The van der Waals surface area contributed by atoms with Gasteiger partial charge < -0.3 is 15.7 Å². The van der Waals surface area contributed by atoms with E-state index in [2.05, 4.69) is 10.6 Å². The first-order chi connectivity index (χ1) is 11.8. The summed E-state index contributed by atoms with van der Waals surface area (Å²) in [5.41, 5.74) is 0.759. The van der Waals surface area contributed by atoms with Crippen LogP contribution < -0.4 is 10.6 Å². The molecule has 1 saturated heterocycles. The molecule has 9 nitrogen and oxygen atoms in total. The second-order valence-electron chi connectivity index (χ2n) is 5.53. The van der Waals surface area contributed by atoms with Crippen LogP contribution in [0.3, 0.4) is 0 Å². The zero-order valence-corrected chi connectivity index (χ0v) is 14.2. The van der Waals surface area contributed by atoms with Crippen LogP contribution in [0.1, 0.15) is 23.2 Å². The molecule has 0 radical (unpaired) electrons. The maximum atomic E-state index is 11.9. The lowest BCUT2D eigenvalue weighted by Crippen LogP contribution is -2.34. The van der Waals surface area contributed by atoms with Crippen LogP contribution in [0, 0.1) is 0 Å². The first-order valence-corrected chi connectivity index (χ1v) is 9.26. The standard InChI is InChI=1S/C15H19N3O6S/c19-13(10-18-8-1-9-25(18,23)24)17-12-4-2-11(3-5-12)15(22)16-7-6-14(20)21/h2-5H,1,6-10H2,(H,16,22)(H,17,19)(H,20,21). The summed E-state index contributed by atoms with van der Waals surface area (Å²) in [5.74, 6) is -1.81. The van der Waals surface area contributed by atoms with Crippen molar-refractivity contribution >= 4 is 33.5 Å². The largest absolute Gasteiger partial charge is 0.481 e. The van der Waals surface area contributed by atoms with E-state index in [1.807, 2.05) is 0 Å². The third kappa shape index (κ3) is 5.54. The molecule has 0 saturated carbocycles. The number of carbonyl (C=O) groups is 3. The molecule has 1 fully saturated rings. The summed E-state index contributed by atoms with van der Waals surface area (Å²) < 4.78 is 24.5. The van der Waals surface area contributed by atoms with Crippen LogP contribution in [-0.4, -0.2) is 61.0 Å². The number of anilines is 1. The molecular formula is C15H19N3O6S. The van der Waals surface area contributed by atoms with E-state index in [9.17, 15) is 22.8 Å². The van der Waals surface area contributed by atoms with Gasteiger partial charge in [0.2, 0.25) is 15.9 Å². The van der Waals surface area contributed by atoms with Crippen LogP contribution in [0.5, 0.6) is 0 Å².